The van der Waals surface area contributed by atoms with E-state index < -0.39 is 0 Å². The van der Waals surface area contributed by atoms with Gasteiger partial charge in [-0.05, 0) is 36.0 Å². The molecule has 0 bridgehead atoms. The summed E-state index contributed by atoms with van der Waals surface area (Å²) >= 11 is 0. The predicted octanol–water partition coefficient (Wildman–Crippen LogP) is 5.08. The van der Waals surface area contributed by atoms with Crippen LogP contribution in [0.25, 0.3) is 11.1 Å². The molecule has 23 heavy (non-hydrogen) atoms. The molecule has 1 saturated heterocycles. The molecule has 2 aliphatic heterocycles. The Morgan fingerprint density at radius 2 is 1.52 bits per heavy atom. The van der Waals surface area contributed by atoms with Crippen LogP contribution >= 0.6 is 0 Å². The number of benzene rings is 2. The Hall–Kier alpha value is -1.93. The largest absolute Gasteiger partial charge is 0.353 e. The maximum absolute atomic E-state index is 6.07. The first-order valence-electron chi connectivity index (χ1n) is 8.48. The molecule has 1 spiro atoms. The molecular formula is C21H23NO. The molecule has 0 aliphatic carbocycles. The van der Waals surface area contributed by atoms with Crippen molar-refractivity contribution in [2.24, 2.45) is 10.4 Å². The molecule has 2 aliphatic rings. The van der Waals surface area contributed by atoms with E-state index in [9.17, 15) is 0 Å². The van der Waals surface area contributed by atoms with E-state index in [1.807, 2.05) is 6.07 Å². The Labute approximate surface area is 138 Å². The molecule has 4 rings (SSSR count). The maximum Gasteiger partial charge on any atom is 0.164 e. The summed E-state index contributed by atoms with van der Waals surface area (Å²) in [5.41, 5.74) is 4.71. The summed E-state index contributed by atoms with van der Waals surface area (Å²) in [5.74, 6) is 0. The van der Waals surface area contributed by atoms with Crippen molar-refractivity contribution in [1.82, 2.24) is 0 Å². The molecular weight excluding hydrogens is 282 g/mol. The van der Waals surface area contributed by atoms with E-state index >= 15 is 0 Å². The molecule has 2 nitrogen and oxygen atoms in total. The zero-order chi connectivity index (χ0) is 15.9. The molecule has 0 saturated carbocycles. The van der Waals surface area contributed by atoms with Crippen molar-refractivity contribution in [2.45, 2.75) is 38.8 Å². The van der Waals surface area contributed by atoms with Gasteiger partial charge in [0.25, 0.3) is 0 Å². The molecule has 0 amide bonds. The number of aliphatic imine (C=N–C) groups is 1. The highest BCUT2D eigenvalue weighted by Crippen LogP contribution is 2.50. The molecule has 2 heterocycles. The van der Waals surface area contributed by atoms with E-state index in [4.69, 9.17) is 9.73 Å². The summed E-state index contributed by atoms with van der Waals surface area (Å²) in [5, 5.41) is 0. The monoisotopic (exact) mass is 305 g/mol. The third-order valence-electron chi connectivity index (χ3n) is 5.31. The van der Waals surface area contributed by atoms with E-state index in [1.54, 1.807) is 0 Å². The lowest BCUT2D eigenvalue weighted by Gasteiger charge is -2.34. The van der Waals surface area contributed by atoms with Crippen LogP contribution in [-0.2, 0) is 4.74 Å². The topological polar surface area (TPSA) is 21.6 Å². The Morgan fingerprint density at radius 1 is 0.870 bits per heavy atom. The van der Waals surface area contributed by atoms with Crippen molar-refractivity contribution in [3.05, 3.63) is 60.2 Å². The van der Waals surface area contributed by atoms with Crippen molar-refractivity contribution >= 4 is 5.71 Å². The van der Waals surface area contributed by atoms with Crippen molar-refractivity contribution in [3.8, 4) is 11.1 Å². The van der Waals surface area contributed by atoms with E-state index in [0.717, 1.165) is 25.9 Å². The van der Waals surface area contributed by atoms with Crippen molar-refractivity contribution in [2.75, 3.05) is 6.61 Å². The zero-order valence-corrected chi connectivity index (χ0v) is 13.9. The van der Waals surface area contributed by atoms with Crippen LogP contribution in [0, 0.1) is 5.41 Å². The van der Waals surface area contributed by atoms with Crippen molar-refractivity contribution in [3.63, 3.8) is 0 Å². The number of ether oxygens (including phenoxy) is 1. The van der Waals surface area contributed by atoms with Gasteiger partial charge in [0.1, 0.15) is 0 Å². The molecule has 118 valence electrons. The van der Waals surface area contributed by atoms with Crippen LogP contribution in [0.2, 0.25) is 0 Å². The first kappa shape index (κ1) is 14.6. The first-order valence-corrected chi connectivity index (χ1v) is 8.48. The summed E-state index contributed by atoms with van der Waals surface area (Å²) < 4.78 is 6.07. The average Bonchev–Trinajstić information content (AvgIpc) is 3.15. The molecule has 2 aromatic carbocycles. The van der Waals surface area contributed by atoms with Crippen LogP contribution in [0.15, 0.2) is 59.6 Å². The molecule has 0 aromatic heterocycles. The van der Waals surface area contributed by atoms with Gasteiger partial charge in [-0.2, -0.15) is 0 Å². The van der Waals surface area contributed by atoms with E-state index in [-0.39, 0.29) is 11.1 Å². The Balaban J connectivity index is 1.64. The minimum Gasteiger partial charge on any atom is -0.353 e. The Bertz CT molecular complexity index is 722. The zero-order valence-electron chi connectivity index (χ0n) is 13.9. The van der Waals surface area contributed by atoms with Gasteiger partial charge in [0, 0.05) is 17.7 Å². The van der Waals surface area contributed by atoms with Gasteiger partial charge in [-0.3, -0.25) is 4.99 Å². The molecule has 1 fully saturated rings. The fourth-order valence-corrected chi connectivity index (χ4v) is 3.86. The quantitative estimate of drug-likeness (QED) is 0.758. The minimum absolute atomic E-state index is 0.0803. The van der Waals surface area contributed by atoms with Gasteiger partial charge < -0.3 is 4.74 Å². The van der Waals surface area contributed by atoms with Gasteiger partial charge in [-0.1, -0.05) is 68.4 Å². The predicted molar refractivity (Wildman–Crippen MR) is 94.7 cm³/mol. The highest BCUT2D eigenvalue weighted by Gasteiger charge is 2.53. The van der Waals surface area contributed by atoms with Gasteiger partial charge in [0.2, 0.25) is 0 Å². The fourth-order valence-electron chi connectivity index (χ4n) is 3.86. The second-order valence-electron chi connectivity index (χ2n) is 7.30. The van der Waals surface area contributed by atoms with Crippen molar-refractivity contribution < 1.29 is 4.74 Å². The van der Waals surface area contributed by atoms with Gasteiger partial charge in [-0.15, -0.1) is 0 Å². The van der Waals surface area contributed by atoms with Gasteiger partial charge in [0.05, 0.1) is 0 Å². The summed E-state index contributed by atoms with van der Waals surface area (Å²) in [4.78, 5) is 5.04. The Morgan fingerprint density at radius 3 is 2.17 bits per heavy atom. The van der Waals surface area contributed by atoms with E-state index in [0.29, 0.717) is 0 Å². The molecule has 0 N–H and O–H groups in total. The summed E-state index contributed by atoms with van der Waals surface area (Å²) in [7, 11) is 0. The summed E-state index contributed by atoms with van der Waals surface area (Å²) in [6, 6.07) is 19.3. The lowest BCUT2D eigenvalue weighted by Crippen LogP contribution is -2.38. The summed E-state index contributed by atoms with van der Waals surface area (Å²) in [6.45, 7) is 5.41. The SMILES string of the molecule is CC1(C)CC(c2ccc(-c3ccccc3)cc2)=NC12CCCO2. The standard InChI is InChI=1S/C21H23NO/c1-20(2)15-19(22-21(20)13-6-14-23-21)18-11-9-17(10-12-18)16-7-4-3-5-8-16/h3-5,7-12H,6,13-15H2,1-2H3. The van der Waals surface area contributed by atoms with E-state index in [2.05, 4.69) is 62.4 Å². The minimum atomic E-state index is -0.291. The van der Waals surface area contributed by atoms with Gasteiger partial charge in [0.15, 0.2) is 5.72 Å². The third-order valence-corrected chi connectivity index (χ3v) is 5.31. The summed E-state index contributed by atoms with van der Waals surface area (Å²) in [6.07, 6.45) is 3.15. The lowest BCUT2D eigenvalue weighted by molar-refractivity contribution is -0.0654. The number of nitrogens with zero attached hydrogens (tertiary/aromatic N) is 1. The van der Waals surface area contributed by atoms with Crippen LogP contribution in [0.3, 0.4) is 0 Å². The number of hydrogen-bond acceptors (Lipinski definition) is 2. The highest BCUT2D eigenvalue weighted by molar-refractivity contribution is 6.03. The second-order valence-corrected chi connectivity index (χ2v) is 7.30. The molecule has 1 unspecified atom stereocenters. The number of rotatable bonds is 2. The molecule has 0 radical (unpaired) electrons. The van der Waals surface area contributed by atoms with Crippen molar-refractivity contribution in [1.29, 1.82) is 0 Å². The highest BCUT2D eigenvalue weighted by atomic mass is 16.5. The van der Waals surface area contributed by atoms with Gasteiger partial charge in [-0.25, -0.2) is 0 Å². The molecule has 2 heteroatoms. The molecule has 1 atom stereocenters. The first-order chi connectivity index (χ1) is 11.1. The van der Waals surface area contributed by atoms with Crippen LogP contribution in [0.5, 0.6) is 0 Å². The normalized spacial score (nSPS) is 25.7. The lowest BCUT2D eigenvalue weighted by atomic mass is 9.78. The van der Waals surface area contributed by atoms with Gasteiger partial charge >= 0.3 is 0 Å². The van der Waals surface area contributed by atoms with Crippen LogP contribution < -0.4 is 0 Å². The fraction of sp³-hybridized carbons (Fsp3) is 0.381. The van der Waals surface area contributed by atoms with Crippen LogP contribution in [0.1, 0.15) is 38.7 Å². The maximum atomic E-state index is 6.07. The average molecular weight is 305 g/mol. The Kier molecular flexibility index (Phi) is 3.38. The molecule has 2 aromatic rings. The van der Waals surface area contributed by atoms with E-state index in [1.165, 1.54) is 22.4 Å². The van der Waals surface area contributed by atoms with Crippen LogP contribution in [0.4, 0.5) is 0 Å². The smallest absolute Gasteiger partial charge is 0.164 e. The van der Waals surface area contributed by atoms with Crippen LogP contribution in [-0.4, -0.2) is 18.0 Å². The second kappa shape index (κ2) is 5.31. The number of hydrogen-bond donors (Lipinski definition) is 0. The third kappa shape index (κ3) is 2.42.